The molecule has 23 heavy (non-hydrogen) atoms. The summed E-state index contributed by atoms with van der Waals surface area (Å²) >= 11 is 1.34. The number of hydrogen-bond acceptors (Lipinski definition) is 5. The molecule has 0 fully saturated rings. The van der Waals surface area contributed by atoms with Gasteiger partial charge in [-0.25, -0.2) is 4.68 Å². The molecule has 0 radical (unpaired) electrons. The third-order valence-corrected chi connectivity index (χ3v) is 4.72. The van der Waals surface area contributed by atoms with Crippen molar-refractivity contribution < 1.29 is 9.59 Å². The summed E-state index contributed by atoms with van der Waals surface area (Å²) in [7, 11) is 0. The van der Waals surface area contributed by atoms with Gasteiger partial charge in [-0.1, -0.05) is 17.3 Å². The number of nitrogens with two attached hydrogens (primary N) is 1. The highest BCUT2D eigenvalue weighted by molar-refractivity contribution is 7.16. The van der Waals surface area contributed by atoms with E-state index in [1.807, 2.05) is 38.1 Å². The molecule has 0 saturated carbocycles. The number of carbonyl (C=O) groups is 2. The zero-order chi connectivity index (χ0) is 16.6. The van der Waals surface area contributed by atoms with Gasteiger partial charge in [-0.05, 0) is 31.5 Å². The maximum Gasteiger partial charge on any atom is 0.251 e. The first-order valence-corrected chi connectivity index (χ1v) is 7.77. The second-order valence-corrected chi connectivity index (χ2v) is 6.36. The number of rotatable bonds is 4. The molecule has 0 unspecified atom stereocenters. The van der Waals surface area contributed by atoms with E-state index >= 15 is 0 Å². The van der Waals surface area contributed by atoms with Crippen LogP contribution in [-0.4, -0.2) is 26.8 Å². The van der Waals surface area contributed by atoms with Crippen LogP contribution in [0.1, 0.15) is 20.8 Å². The maximum absolute atomic E-state index is 12.3. The van der Waals surface area contributed by atoms with E-state index in [2.05, 4.69) is 15.6 Å². The Hall–Kier alpha value is -2.74. The van der Waals surface area contributed by atoms with Crippen molar-refractivity contribution in [2.75, 3.05) is 5.32 Å². The van der Waals surface area contributed by atoms with E-state index in [1.165, 1.54) is 16.0 Å². The smallest absolute Gasteiger partial charge is 0.251 e. The summed E-state index contributed by atoms with van der Waals surface area (Å²) in [6, 6.07) is 7.39. The van der Waals surface area contributed by atoms with Crippen LogP contribution in [0, 0.1) is 13.8 Å². The highest BCUT2D eigenvalue weighted by Gasteiger charge is 2.19. The number of hydrogen-bond donors (Lipinski definition) is 2. The Bertz CT molecular complexity index is 912. The number of primary amides is 1. The van der Waals surface area contributed by atoms with Crippen LogP contribution in [0.25, 0.3) is 11.0 Å². The minimum atomic E-state index is -0.548. The summed E-state index contributed by atoms with van der Waals surface area (Å²) in [6.07, 6.45) is 0. The van der Waals surface area contributed by atoms with E-state index in [-0.39, 0.29) is 12.5 Å². The lowest BCUT2D eigenvalue weighted by molar-refractivity contribution is -0.116. The zero-order valence-electron chi connectivity index (χ0n) is 12.7. The highest BCUT2D eigenvalue weighted by Crippen LogP contribution is 2.32. The summed E-state index contributed by atoms with van der Waals surface area (Å²) in [6.45, 7) is 3.70. The number of aryl methyl sites for hydroxylation is 1. The topological polar surface area (TPSA) is 103 Å². The fourth-order valence-corrected chi connectivity index (χ4v) is 3.43. The van der Waals surface area contributed by atoms with E-state index < -0.39 is 5.91 Å². The number of para-hydroxylation sites is 1. The summed E-state index contributed by atoms with van der Waals surface area (Å²) < 4.78 is 1.52. The molecule has 3 N–H and O–H groups in total. The van der Waals surface area contributed by atoms with Crippen LogP contribution in [0.2, 0.25) is 0 Å². The second kappa shape index (κ2) is 5.81. The largest absolute Gasteiger partial charge is 0.365 e. The molecule has 7 nitrogen and oxygen atoms in total. The number of aromatic nitrogens is 3. The fourth-order valence-electron chi connectivity index (χ4n) is 2.35. The van der Waals surface area contributed by atoms with Crippen LogP contribution in [0.15, 0.2) is 24.3 Å². The van der Waals surface area contributed by atoms with Gasteiger partial charge < -0.3 is 11.1 Å². The number of benzene rings is 1. The highest BCUT2D eigenvalue weighted by atomic mass is 32.1. The molecular weight excluding hydrogens is 314 g/mol. The molecule has 8 heteroatoms. The van der Waals surface area contributed by atoms with E-state index in [4.69, 9.17) is 5.73 Å². The number of nitrogens with zero attached hydrogens (tertiary/aromatic N) is 3. The number of thiophene rings is 1. The first kappa shape index (κ1) is 15.2. The molecule has 0 atom stereocenters. The molecule has 2 heterocycles. The predicted octanol–water partition coefficient (Wildman–Crippen LogP) is 1.85. The van der Waals surface area contributed by atoms with Gasteiger partial charge in [0.1, 0.15) is 17.1 Å². The Kier molecular flexibility index (Phi) is 3.83. The molecule has 118 valence electrons. The summed E-state index contributed by atoms with van der Waals surface area (Å²) in [5.41, 5.74) is 8.06. The molecule has 0 aliphatic rings. The van der Waals surface area contributed by atoms with Gasteiger partial charge in [0.05, 0.1) is 11.1 Å². The van der Waals surface area contributed by atoms with Gasteiger partial charge in [-0.2, -0.15) is 0 Å². The number of amides is 2. The third-order valence-electron chi connectivity index (χ3n) is 3.60. The van der Waals surface area contributed by atoms with Gasteiger partial charge in [-0.3, -0.25) is 9.59 Å². The predicted molar refractivity (Wildman–Crippen MR) is 88.5 cm³/mol. The van der Waals surface area contributed by atoms with Crippen molar-refractivity contribution in [1.29, 1.82) is 0 Å². The van der Waals surface area contributed by atoms with Crippen molar-refractivity contribution in [1.82, 2.24) is 15.0 Å². The Morgan fingerprint density at radius 3 is 2.78 bits per heavy atom. The quantitative estimate of drug-likeness (QED) is 0.762. The van der Waals surface area contributed by atoms with Crippen molar-refractivity contribution in [3.63, 3.8) is 0 Å². The summed E-state index contributed by atoms with van der Waals surface area (Å²) in [4.78, 5) is 24.8. The van der Waals surface area contributed by atoms with Crippen molar-refractivity contribution in [3.8, 4) is 0 Å². The van der Waals surface area contributed by atoms with Crippen molar-refractivity contribution >= 4 is 39.2 Å². The van der Waals surface area contributed by atoms with Gasteiger partial charge >= 0.3 is 0 Å². The number of fused-ring (bicyclic) bond motifs is 1. The maximum atomic E-state index is 12.3. The van der Waals surface area contributed by atoms with Crippen LogP contribution in [0.5, 0.6) is 0 Å². The molecule has 0 bridgehead atoms. The monoisotopic (exact) mass is 329 g/mol. The van der Waals surface area contributed by atoms with E-state index in [0.29, 0.717) is 10.6 Å². The molecule has 0 aliphatic heterocycles. The molecule has 0 spiro atoms. The molecule has 3 rings (SSSR count). The van der Waals surface area contributed by atoms with Gasteiger partial charge in [0.15, 0.2) is 0 Å². The van der Waals surface area contributed by atoms with Gasteiger partial charge in [-0.15, -0.1) is 16.4 Å². The molecule has 0 saturated heterocycles. The number of carbonyl (C=O) groups excluding carboxylic acids is 2. The van der Waals surface area contributed by atoms with Gasteiger partial charge in [0, 0.05) is 4.88 Å². The van der Waals surface area contributed by atoms with Crippen LogP contribution in [0.3, 0.4) is 0 Å². The van der Waals surface area contributed by atoms with Crippen LogP contribution in [0.4, 0.5) is 5.00 Å². The lowest BCUT2D eigenvalue weighted by Gasteiger charge is -2.05. The Labute approximate surface area is 136 Å². The lowest BCUT2D eigenvalue weighted by atomic mass is 10.1. The normalized spacial score (nSPS) is 10.9. The standard InChI is InChI=1S/C15H15N5O2S/c1-8-9(2)23-15(13(8)14(16)22)17-12(21)7-20-11-6-4-3-5-10(11)18-19-20/h3-6H,7H2,1-2H3,(H2,16,22)(H,17,21). The second-order valence-electron chi connectivity index (χ2n) is 5.14. The van der Waals surface area contributed by atoms with E-state index in [0.717, 1.165) is 21.5 Å². The fraction of sp³-hybridized carbons (Fsp3) is 0.200. The summed E-state index contributed by atoms with van der Waals surface area (Å²) in [5.74, 6) is -0.835. The Balaban J connectivity index is 1.83. The van der Waals surface area contributed by atoms with Crippen molar-refractivity contribution in [2.24, 2.45) is 5.73 Å². The first-order chi connectivity index (χ1) is 11.0. The molecule has 1 aromatic carbocycles. The molecular formula is C15H15N5O2S. The van der Waals surface area contributed by atoms with Crippen molar-refractivity contribution in [3.05, 3.63) is 40.3 Å². The minimum Gasteiger partial charge on any atom is -0.365 e. The third kappa shape index (κ3) is 2.80. The lowest BCUT2D eigenvalue weighted by Crippen LogP contribution is -2.21. The first-order valence-electron chi connectivity index (χ1n) is 6.95. The zero-order valence-corrected chi connectivity index (χ0v) is 13.5. The molecule has 3 aromatic rings. The van der Waals surface area contributed by atoms with Crippen LogP contribution in [-0.2, 0) is 11.3 Å². The Morgan fingerprint density at radius 2 is 2.04 bits per heavy atom. The van der Waals surface area contributed by atoms with Gasteiger partial charge in [0.25, 0.3) is 5.91 Å². The number of nitrogens with one attached hydrogen (secondary N) is 1. The minimum absolute atomic E-state index is 0.00864. The Morgan fingerprint density at radius 1 is 1.30 bits per heavy atom. The van der Waals surface area contributed by atoms with Crippen LogP contribution < -0.4 is 11.1 Å². The summed E-state index contributed by atoms with van der Waals surface area (Å²) in [5, 5.41) is 11.2. The molecule has 2 amide bonds. The van der Waals surface area contributed by atoms with Gasteiger partial charge in [0.2, 0.25) is 5.91 Å². The number of anilines is 1. The van der Waals surface area contributed by atoms with Crippen molar-refractivity contribution in [2.45, 2.75) is 20.4 Å². The SMILES string of the molecule is Cc1sc(NC(=O)Cn2nnc3ccccc32)c(C(N)=O)c1C. The average Bonchev–Trinajstić information content (AvgIpc) is 3.01. The molecule has 0 aliphatic carbocycles. The van der Waals surface area contributed by atoms with E-state index in [1.54, 1.807) is 0 Å². The van der Waals surface area contributed by atoms with Crippen LogP contribution >= 0.6 is 11.3 Å². The van der Waals surface area contributed by atoms with E-state index in [9.17, 15) is 9.59 Å². The average molecular weight is 329 g/mol. The molecule has 2 aromatic heterocycles.